The fraction of sp³-hybridized carbons (Fsp3) is 0.455. The smallest absolute Gasteiger partial charge is 0.269 e. The molecular formula is C11H18N3O4P. The predicted molar refractivity (Wildman–Crippen MR) is 73.0 cm³/mol. The molecule has 1 atom stereocenters. The molecule has 0 saturated heterocycles. The number of nitro groups is 1. The first-order valence-corrected chi connectivity index (χ1v) is 7.27. The summed E-state index contributed by atoms with van der Waals surface area (Å²) in [6.07, 6.45) is 0. The van der Waals surface area contributed by atoms with Crippen LogP contribution < -0.4 is 0 Å². The lowest BCUT2D eigenvalue weighted by Gasteiger charge is -2.34. The maximum absolute atomic E-state index is 12.8. The van der Waals surface area contributed by atoms with Crippen LogP contribution in [0.2, 0.25) is 0 Å². The molecule has 0 spiro atoms. The van der Waals surface area contributed by atoms with Gasteiger partial charge < -0.3 is 5.11 Å². The fourth-order valence-electron chi connectivity index (χ4n) is 1.76. The highest BCUT2D eigenvalue weighted by Crippen LogP contribution is 2.60. The molecule has 8 heteroatoms. The first-order chi connectivity index (χ1) is 8.71. The van der Waals surface area contributed by atoms with Crippen molar-refractivity contribution in [3.05, 3.63) is 39.9 Å². The Labute approximate surface area is 112 Å². The van der Waals surface area contributed by atoms with Crippen LogP contribution in [0.25, 0.3) is 0 Å². The average Bonchev–Trinajstić information content (AvgIpc) is 2.36. The summed E-state index contributed by atoms with van der Waals surface area (Å²) in [4.78, 5) is 10.0. The van der Waals surface area contributed by atoms with E-state index in [1.807, 2.05) is 0 Å². The van der Waals surface area contributed by atoms with Crippen molar-refractivity contribution in [1.82, 2.24) is 9.34 Å². The van der Waals surface area contributed by atoms with Crippen molar-refractivity contribution in [2.24, 2.45) is 0 Å². The Hall–Kier alpha value is -1.27. The Kier molecular flexibility index (Phi) is 4.81. The maximum Gasteiger partial charge on any atom is 0.269 e. The predicted octanol–water partition coefficient (Wildman–Crippen LogP) is 1.90. The second kappa shape index (κ2) is 5.79. The minimum atomic E-state index is -3.16. The summed E-state index contributed by atoms with van der Waals surface area (Å²) in [6.45, 7) is 0. The largest absolute Gasteiger partial charge is 0.378 e. The zero-order valence-electron chi connectivity index (χ0n) is 11.3. The topological polar surface area (TPSA) is 86.9 Å². The van der Waals surface area contributed by atoms with E-state index >= 15 is 0 Å². The molecule has 7 nitrogen and oxygen atoms in total. The van der Waals surface area contributed by atoms with E-state index < -0.39 is 18.2 Å². The first-order valence-electron chi connectivity index (χ1n) is 5.59. The van der Waals surface area contributed by atoms with Gasteiger partial charge in [0.1, 0.15) is 0 Å². The maximum atomic E-state index is 12.8. The van der Waals surface area contributed by atoms with E-state index in [2.05, 4.69) is 0 Å². The third-order valence-electron chi connectivity index (χ3n) is 2.87. The van der Waals surface area contributed by atoms with Crippen LogP contribution in [0.4, 0.5) is 5.69 Å². The summed E-state index contributed by atoms with van der Waals surface area (Å²) in [7, 11) is 3.32. The molecule has 1 aromatic rings. The molecular weight excluding hydrogens is 269 g/mol. The zero-order valence-corrected chi connectivity index (χ0v) is 12.2. The summed E-state index contributed by atoms with van der Waals surface area (Å²) < 4.78 is 15.7. The van der Waals surface area contributed by atoms with Gasteiger partial charge in [0.05, 0.1) is 4.92 Å². The van der Waals surface area contributed by atoms with Crippen molar-refractivity contribution in [1.29, 1.82) is 0 Å². The van der Waals surface area contributed by atoms with Crippen LogP contribution in [0.15, 0.2) is 24.3 Å². The molecule has 0 aliphatic rings. The normalized spacial score (nSPS) is 13.8. The molecule has 0 amide bonds. The van der Waals surface area contributed by atoms with Gasteiger partial charge in [-0.05, 0) is 45.9 Å². The Morgan fingerprint density at radius 2 is 1.58 bits per heavy atom. The first kappa shape index (κ1) is 15.8. The third kappa shape index (κ3) is 3.01. The quantitative estimate of drug-likeness (QED) is 0.505. The van der Waals surface area contributed by atoms with Crippen LogP contribution in [0.3, 0.4) is 0 Å². The van der Waals surface area contributed by atoms with Gasteiger partial charge >= 0.3 is 0 Å². The van der Waals surface area contributed by atoms with Crippen molar-refractivity contribution >= 4 is 13.1 Å². The number of aliphatic hydroxyl groups is 1. The van der Waals surface area contributed by atoms with E-state index in [9.17, 15) is 19.8 Å². The number of nitro benzene ring substituents is 1. The number of hydrogen-bond donors (Lipinski definition) is 1. The van der Waals surface area contributed by atoms with Gasteiger partial charge in [-0.2, -0.15) is 0 Å². The Bertz CT molecular complexity index is 489. The van der Waals surface area contributed by atoms with Crippen molar-refractivity contribution in [3.63, 3.8) is 0 Å². The van der Waals surface area contributed by atoms with Crippen LogP contribution in [0.5, 0.6) is 0 Å². The number of hydrogen-bond acceptors (Lipinski definition) is 4. The minimum Gasteiger partial charge on any atom is -0.378 e. The van der Waals surface area contributed by atoms with Crippen molar-refractivity contribution in [3.8, 4) is 0 Å². The average molecular weight is 287 g/mol. The molecule has 0 fully saturated rings. The number of benzene rings is 1. The molecule has 1 unspecified atom stereocenters. The summed E-state index contributed by atoms with van der Waals surface area (Å²) in [5.74, 6) is -1.22. The van der Waals surface area contributed by atoms with Gasteiger partial charge in [-0.25, -0.2) is 9.34 Å². The molecule has 19 heavy (non-hydrogen) atoms. The summed E-state index contributed by atoms with van der Waals surface area (Å²) in [6, 6.07) is 5.41. The molecule has 1 rings (SSSR count). The van der Waals surface area contributed by atoms with Gasteiger partial charge in [0, 0.05) is 12.1 Å². The number of nitrogens with zero attached hydrogens (tertiary/aromatic N) is 3. The highest BCUT2D eigenvalue weighted by Gasteiger charge is 2.37. The number of rotatable bonds is 5. The van der Waals surface area contributed by atoms with Crippen molar-refractivity contribution < 1.29 is 14.6 Å². The van der Waals surface area contributed by atoms with E-state index in [-0.39, 0.29) is 5.69 Å². The van der Waals surface area contributed by atoms with Crippen LogP contribution in [-0.2, 0) is 4.57 Å². The van der Waals surface area contributed by atoms with Gasteiger partial charge in [-0.1, -0.05) is 0 Å². The minimum absolute atomic E-state index is 0.0690. The molecule has 0 radical (unpaired) electrons. The van der Waals surface area contributed by atoms with Gasteiger partial charge in [0.2, 0.25) is 7.44 Å². The van der Waals surface area contributed by atoms with Gasteiger partial charge in [-0.15, -0.1) is 0 Å². The van der Waals surface area contributed by atoms with Crippen molar-refractivity contribution in [2.45, 2.75) is 5.85 Å². The summed E-state index contributed by atoms with van der Waals surface area (Å²) in [5.41, 5.74) is 0.317. The second-order valence-corrected chi connectivity index (χ2v) is 7.77. The lowest BCUT2D eigenvalue weighted by atomic mass is 10.2. The number of non-ortho nitro benzene ring substituents is 1. The Morgan fingerprint density at radius 1 is 1.16 bits per heavy atom. The Balaban J connectivity index is 3.14. The Morgan fingerprint density at radius 3 is 1.89 bits per heavy atom. The molecule has 0 aliphatic heterocycles. The van der Waals surface area contributed by atoms with Gasteiger partial charge in [0.15, 0.2) is 5.85 Å². The SMILES string of the molecule is CN(C)P(=O)(C(O)c1ccc([N+](=O)[O-])cc1)N(C)C. The molecule has 1 aromatic carbocycles. The van der Waals surface area contributed by atoms with Crippen LogP contribution in [0.1, 0.15) is 11.4 Å². The van der Waals surface area contributed by atoms with E-state index in [4.69, 9.17) is 0 Å². The summed E-state index contributed by atoms with van der Waals surface area (Å²) in [5, 5.41) is 20.9. The highest BCUT2D eigenvalue weighted by molar-refractivity contribution is 7.59. The lowest BCUT2D eigenvalue weighted by molar-refractivity contribution is -0.384. The van der Waals surface area contributed by atoms with Crippen LogP contribution >= 0.6 is 7.44 Å². The van der Waals surface area contributed by atoms with E-state index in [0.717, 1.165) is 0 Å². The zero-order chi connectivity index (χ0) is 14.8. The molecule has 1 N–H and O–H groups in total. The third-order valence-corrected chi connectivity index (χ3v) is 6.09. The van der Waals surface area contributed by atoms with Crippen LogP contribution in [0, 0.1) is 10.1 Å². The van der Waals surface area contributed by atoms with Crippen LogP contribution in [-0.4, -0.2) is 47.6 Å². The molecule has 0 saturated carbocycles. The molecule has 0 heterocycles. The second-order valence-electron chi connectivity index (χ2n) is 4.51. The molecule has 106 valence electrons. The van der Waals surface area contributed by atoms with Crippen molar-refractivity contribution in [2.75, 3.05) is 28.2 Å². The number of aliphatic hydroxyl groups excluding tert-OH is 1. The van der Waals surface area contributed by atoms with E-state index in [0.29, 0.717) is 5.56 Å². The van der Waals surface area contributed by atoms with E-state index in [1.54, 1.807) is 28.2 Å². The lowest BCUT2D eigenvalue weighted by Crippen LogP contribution is -2.25. The molecule has 0 bridgehead atoms. The molecule has 0 aromatic heterocycles. The van der Waals surface area contributed by atoms with E-state index in [1.165, 1.54) is 33.6 Å². The van der Waals surface area contributed by atoms with Gasteiger partial charge in [0.25, 0.3) is 5.69 Å². The monoisotopic (exact) mass is 287 g/mol. The summed E-state index contributed by atoms with van der Waals surface area (Å²) >= 11 is 0. The molecule has 0 aliphatic carbocycles. The fourth-order valence-corrected chi connectivity index (χ4v) is 3.91. The standard InChI is InChI=1S/C11H18N3O4P/c1-12(2)19(18,13(3)4)11(15)9-5-7-10(8-6-9)14(16)17/h5-8,11,15H,1-4H3. The van der Waals surface area contributed by atoms with Gasteiger partial charge in [-0.3, -0.25) is 14.7 Å². The highest BCUT2D eigenvalue weighted by atomic mass is 31.2.